The zero-order valence-electron chi connectivity index (χ0n) is 11.4. The quantitative estimate of drug-likeness (QED) is 0.859. The van der Waals surface area contributed by atoms with Gasteiger partial charge in [-0.25, -0.2) is 0 Å². The molecule has 3 heteroatoms. The number of nitrogens with zero attached hydrogens (tertiary/aromatic N) is 1. The number of rotatable bonds is 5. The summed E-state index contributed by atoms with van der Waals surface area (Å²) in [6.45, 7) is 4.29. The van der Waals surface area contributed by atoms with Gasteiger partial charge in [-0.05, 0) is 42.7 Å². The first-order valence-electron chi connectivity index (χ1n) is 6.65. The molecule has 0 aliphatic carbocycles. The second-order valence-electron chi connectivity index (χ2n) is 4.73. The number of hydrogen-bond acceptors (Lipinski definition) is 3. The van der Waals surface area contributed by atoms with Crippen molar-refractivity contribution in [3.05, 3.63) is 59.9 Å². The van der Waals surface area contributed by atoms with Crippen molar-refractivity contribution in [2.45, 2.75) is 32.4 Å². The summed E-state index contributed by atoms with van der Waals surface area (Å²) in [5, 5.41) is 12.9. The van der Waals surface area contributed by atoms with Crippen LogP contribution in [0.2, 0.25) is 0 Å². The van der Waals surface area contributed by atoms with Crippen LogP contribution in [0.5, 0.6) is 5.75 Å². The number of phenols is 1. The minimum atomic E-state index is 0.243. The van der Waals surface area contributed by atoms with Crippen LogP contribution in [0.25, 0.3) is 0 Å². The van der Waals surface area contributed by atoms with E-state index in [-0.39, 0.29) is 12.1 Å². The summed E-state index contributed by atoms with van der Waals surface area (Å²) in [5.74, 6) is 0.305. The fraction of sp³-hybridized carbons (Fsp3) is 0.312. The van der Waals surface area contributed by atoms with Crippen molar-refractivity contribution < 1.29 is 5.11 Å². The highest BCUT2D eigenvalue weighted by Crippen LogP contribution is 2.23. The van der Waals surface area contributed by atoms with Crippen molar-refractivity contribution in [3.63, 3.8) is 0 Å². The molecule has 0 saturated carbocycles. The molecule has 0 spiro atoms. The molecule has 2 aromatic rings. The molecule has 0 amide bonds. The summed E-state index contributed by atoms with van der Waals surface area (Å²) < 4.78 is 0. The molecule has 0 bridgehead atoms. The highest BCUT2D eigenvalue weighted by Gasteiger charge is 2.13. The molecule has 1 unspecified atom stereocenters. The van der Waals surface area contributed by atoms with E-state index in [2.05, 4.69) is 30.2 Å². The summed E-state index contributed by atoms with van der Waals surface area (Å²) in [7, 11) is 0. The van der Waals surface area contributed by atoms with Crippen LogP contribution >= 0.6 is 0 Å². The number of hydrogen-bond donors (Lipinski definition) is 2. The third kappa shape index (κ3) is 3.55. The van der Waals surface area contributed by atoms with E-state index in [1.807, 2.05) is 24.4 Å². The van der Waals surface area contributed by atoms with Gasteiger partial charge in [0.1, 0.15) is 5.75 Å². The van der Waals surface area contributed by atoms with Crippen LogP contribution in [0.1, 0.15) is 43.5 Å². The average Bonchev–Trinajstić information content (AvgIpc) is 2.46. The van der Waals surface area contributed by atoms with Crippen LogP contribution in [-0.2, 0) is 0 Å². The number of aromatic nitrogens is 1. The molecule has 2 N–H and O–H groups in total. The lowest BCUT2D eigenvalue weighted by molar-refractivity contribution is 0.452. The van der Waals surface area contributed by atoms with Crippen molar-refractivity contribution >= 4 is 0 Å². The van der Waals surface area contributed by atoms with E-state index in [4.69, 9.17) is 0 Å². The molecule has 0 aliphatic rings. The number of phenolic OH excluding ortho intramolecular Hbond substituents is 1. The molecule has 3 nitrogen and oxygen atoms in total. The van der Waals surface area contributed by atoms with E-state index in [1.54, 1.807) is 18.3 Å². The topological polar surface area (TPSA) is 45.2 Å². The van der Waals surface area contributed by atoms with Gasteiger partial charge in [0.15, 0.2) is 0 Å². The monoisotopic (exact) mass is 256 g/mol. The van der Waals surface area contributed by atoms with Crippen LogP contribution in [0.15, 0.2) is 48.8 Å². The molecular weight excluding hydrogens is 236 g/mol. The van der Waals surface area contributed by atoms with Gasteiger partial charge >= 0.3 is 0 Å². The maximum Gasteiger partial charge on any atom is 0.115 e. The molecule has 1 aromatic carbocycles. The Balaban J connectivity index is 2.09. The standard InChI is InChI=1S/C16H20N2O/c1-3-16(13-6-8-15(19)9-7-13)18-12(2)14-5-4-10-17-11-14/h4-12,16,18-19H,3H2,1-2H3/t12-,16?/m0/s1. The van der Waals surface area contributed by atoms with Crippen molar-refractivity contribution in [2.75, 3.05) is 0 Å². The van der Waals surface area contributed by atoms with Gasteiger partial charge in [-0.2, -0.15) is 0 Å². The maximum atomic E-state index is 9.34. The van der Waals surface area contributed by atoms with Crippen LogP contribution in [0, 0.1) is 0 Å². The highest BCUT2D eigenvalue weighted by atomic mass is 16.3. The van der Waals surface area contributed by atoms with Gasteiger partial charge in [0.2, 0.25) is 0 Å². The molecule has 2 atom stereocenters. The van der Waals surface area contributed by atoms with Crippen molar-refractivity contribution in [3.8, 4) is 5.75 Å². The number of aromatic hydroxyl groups is 1. The van der Waals surface area contributed by atoms with Gasteiger partial charge in [-0.3, -0.25) is 4.98 Å². The van der Waals surface area contributed by atoms with E-state index in [9.17, 15) is 5.11 Å². The Kier molecular flexibility index (Phi) is 4.53. The van der Waals surface area contributed by atoms with E-state index in [1.165, 1.54) is 11.1 Å². The fourth-order valence-corrected chi connectivity index (χ4v) is 2.19. The maximum absolute atomic E-state index is 9.34. The van der Waals surface area contributed by atoms with Crippen molar-refractivity contribution in [1.82, 2.24) is 10.3 Å². The SMILES string of the molecule is CCC(N[C@@H](C)c1cccnc1)c1ccc(O)cc1. The second-order valence-corrected chi connectivity index (χ2v) is 4.73. The molecule has 2 rings (SSSR count). The minimum absolute atomic E-state index is 0.243. The third-order valence-electron chi connectivity index (χ3n) is 3.34. The number of benzene rings is 1. The third-order valence-corrected chi connectivity index (χ3v) is 3.34. The first-order chi connectivity index (χ1) is 9.20. The Labute approximate surface area is 114 Å². The summed E-state index contributed by atoms with van der Waals surface area (Å²) in [5.41, 5.74) is 2.37. The Hall–Kier alpha value is -1.87. The highest BCUT2D eigenvalue weighted by molar-refractivity contribution is 5.28. The zero-order chi connectivity index (χ0) is 13.7. The molecule has 19 heavy (non-hydrogen) atoms. The largest absolute Gasteiger partial charge is 0.508 e. The number of pyridine rings is 1. The van der Waals surface area contributed by atoms with E-state index in [0.29, 0.717) is 5.75 Å². The Morgan fingerprint density at radius 3 is 2.47 bits per heavy atom. The molecule has 100 valence electrons. The first-order valence-corrected chi connectivity index (χ1v) is 6.65. The summed E-state index contributed by atoms with van der Waals surface area (Å²) in [4.78, 5) is 4.15. The number of nitrogens with one attached hydrogen (secondary N) is 1. The molecule has 0 fully saturated rings. The van der Waals surface area contributed by atoms with Gasteiger partial charge in [0.05, 0.1) is 0 Å². The van der Waals surface area contributed by atoms with Crippen LogP contribution < -0.4 is 5.32 Å². The van der Waals surface area contributed by atoms with Gasteiger partial charge in [-0.1, -0.05) is 25.1 Å². The summed E-state index contributed by atoms with van der Waals surface area (Å²) in [6, 6.07) is 11.9. The Morgan fingerprint density at radius 1 is 1.16 bits per heavy atom. The van der Waals surface area contributed by atoms with E-state index in [0.717, 1.165) is 6.42 Å². The normalized spacial score (nSPS) is 14.0. The Bertz CT molecular complexity index is 496. The summed E-state index contributed by atoms with van der Waals surface area (Å²) in [6.07, 6.45) is 4.67. The molecular formula is C16H20N2O. The van der Waals surface area contributed by atoms with Crippen LogP contribution in [0.4, 0.5) is 0 Å². The molecule has 0 saturated heterocycles. The predicted octanol–water partition coefficient (Wildman–Crippen LogP) is 3.59. The first kappa shape index (κ1) is 13.6. The smallest absolute Gasteiger partial charge is 0.115 e. The molecule has 0 aliphatic heterocycles. The lowest BCUT2D eigenvalue weighted by Gasteiger charge is -2.23. The van der Waals surface area contributed by atoms with Gasteiger partial charge in [0, 0.05) is 24.5 Å². The molecule has 1 aromatic heterocycles. The predicted molar refractivity (Wildman–Crippen MR) is 76.9 cm³/mol. The van der Waals surface area contributed by atoms with Crippen LogP contribution in [-0.4, -0.2) is 10.1 Å². The van der Waals surface area contributed by atoms with E-state index < -0.39 is 0 Å². The zero-order valence-corrected chi connectivity index (χ0v) is 11.4. The van der Waals surface area contributed by atoms with Crippen LogP contribution in [0.3, 0.4) is 0 Å². The van der Waals surface area contributed by atoms with Gasteiger partial charge in [0.25, 0.3) is 0 Å². The lowest BCUT2D eigenvalue weighted by Crippen LogP contribution is -2.24. The fourth-order valence-electron chi connectivity index (χ4n) is 2.19. The Morgan fingerprint density at radius 2 is 1.89 bits per heavy atom. The van der Waals surface area contributed by atoms with Gasteiger partial charge in [-0.15, -0.1) is 0 Å². The minimum Gasteiger partial charge on any atom is -0.508 e. The summed E-state index contributed by atoms with van der Waals surface area (Å²) >= 11 is 0. The van der Waals surface area contributed by atoms with E-state index >= 15 is 0 Å². The van der Waals surface area contributed by atoms with Crippen molar-refractivity contribution in [2.24, 2.45) is 0 Å². The van der Waals surface area contributed by atoms with Crippen molar-refractivity contribution in [1.29, 1.82) is 0 Å². The average molecular weight is 256 g/mol. The second kappa shape index (κ2) is 6.34. The molecule has 1 heterocycles. The van der Waals surface area contributed by atoms with Gasteiger partial charge < -0.3 is 10.4 Å². The lowest BCUT2D eigenvalue weighted by atomic mass is 10.0. The molecule has 0 radical (unpaired) electrons.